The van der Waals surface area contributed by atoms with Gasteiger partial charge in [0.2, 0.25) is 5.55 Å². The van der Waals surface area contributed by atoms with Gasteiger partial charge in [0.15, 0.2) is 0 Å². The second-order valence-corrected chi connectivity index (χ2v) is 5.09. The highest BCUT2D eigenvalue weighted by atomic mass is 32.1. The lowest BCUT2D eigenvalue weighted by atomic mass is 10.2. The fraction of sp³-hybridized carbons (Fsp3) is 0.0588. The third kappa shape index (κ3) is 2.71. The molecule has 0 amide bonds. The number of ether oxygens (including phenoxy) is 1. The summed E-state index contributed by atoms with van der Waals surface area (Å²) in [6, 6.07) is 17.0. The van der Waals surface area contributed by atoms with Crippen molar-refractivity contribution < 1.29 is 9.15 Å². The van der Waals surface area contributed by atoms with Gasteiger partial charge in [0.05, 0.1) is 12.7 Å². The summed E-state index contributed by atoms with van der Waals surface area (Å²) < 4.78 is 11.2. The SMILES string of the molecule is COc1ccccc1N=c1oc2ccccc2cc1C(N)=S. The van der Waals surface area contributed by atoms with Gasteiger partial charge in [0, 0.05) is 5.39 Å². The number of nitrogens with zero attached hydrogens (tertiary/aromatic N) is 1. The minimum absolute atomic E-state index is 0.239. The lowest BCUT2D eigenvalue weighted by Gasteiger charge is -2.05. The Balaban J connectivity index is 2.30. The molecule has 2 aromatic carbocycles. The van der Waals surface area contributed by atoms with E-state index in [1.54, 1.807) is 7.11 Å². The molecule has 110 valence electrons. The summed E-state index contributed by atoms with van der Waals surface area (Å²) in [5.74, 6) is 0.653. The number of hydrogen-bond donors (Lipinski definition) is 1. The number of thiocarbonyl (C=S) groups is 1. The van der Waals surface area contributed by atoms with Gasteiger partial charge in [0.25, 0.3) is 0 Å². The highest BCUT2D eigenvalue weighted by molar-refractivity contribution is 7.80. The van der Waals surface area contributed by atoms with Crippen LogP contribution in [0.1, 0.15) is 5.56 Å². The number of benzene rings is 2. The van der Waals surface area contributed by atoms with E-state index in [0.29, 0.717) is 22.6 Å². The summed E-state index contributed by atoms with van der Waals surface area (Å²) in [7, 11) is 1.60. The van der Waals surface area contributed by atoms with E-state index in [4.69, 9.17) is 27.1 Å². The number of fused-ring (bicyclic) bond motifs is 1. The van der Waals surface area contributed by atoms with Crippen LogP contribution in [0.15, 0.2) is 64.0 Å². The smallest absolute Gasteiger partial charge is 0.230 e. The second-order valence-electron chi connectivity index (χ2n) is 4.65. The van der Waals surface area contributed by atoms with E-state index in [2.05, 4.69) is 4.99 Å². The van der Waals surface area contributed by atoms with Gasteiger partial charge in [-0.05, 0) is 24.3 Å². The van der Waals surface area contributed by atoms with E-state index < -0.39 is 0 Å². The summed E-state index contributed by atoms with van der Waals surface area (Å²) >= 11 is 5.12. The van der Waals surface area contributed by atoms with Gasteiger partial charge in [-0.3, -0.25) is 0 Å². The lowest BCUT2D eigenvalue weighted by Crippen LogP contribution is -2.20. The van der Waals surface area contributed by atoms with Crippen LogP contribution in [0.5, 0.6) is 5.75 Å². The Bertz CT molecular complexity index is 916. The van der Waals surface area contributed by atoms with Gasteiger partial charge in [-0.2, -0.15) is 0 Å². The minimum Gasteiger partial charge on any atom is -0.494 e. The van der Waals surface area contributed by atoms with Crippen molar-refractivity contribution in [3.05, 3.63) is 65.7 Å². The van der Waals surface area contributed by atoms with Crippen LogP contribution < -0.4 is 16.0 Å². The van der Waals surface area contributed by atoms with Crippen LogP contribution in [0.25, 0.3) is 11.0 Å². The number of para-hydroxylation sites is 3. The van der Waals surface area contributed by atoms with Gasteiger partial charge in [-0.25, -0.2) is 4.99 Å². The third-order valence-corrected chi connectivity index (χ3v) is 3.45. The molecule has 0 fully saturated rings. The van der Waals surface area contributed by atoms with Crippen molar-refractivity contribution in [3.8, 4) is 5.75 Å². The molecule has 0 spiro atoms. The molecule has 5 heteroatoms. The van der Waals surface area contributed by atoms with Crippen molar-refractivity contribution in [1.29, 1.82) is 0 Å². The standard InChI is InChI=1S/C17H14N2O2S/c1-20-15-9-5-3-7-13(15)19-17-12(16(18)22)10-11-6-2-4-8-14(11)21-17/h2-10H,1H3,(H2,18,22). The Kier molecular flexibility index (Phi) is 3.89. The molecular formula is C17H14N2O2S. The molecule has 0 bridgehead atoms. The van der Waals surface area contributed by atoms with Crippen molar-refractivity contribution in [2.24, 2.45) is 10.7 Å². The molecule has 0 saturated heterocycles. The third-order valence-electron chi connectivity index (χ3n) is 3.23. The van der Waals surface area contributed by atoms with E-state index in [-0.39, 0.29) is 4.99 Å². The molecule has 3 aromatic rings. The zero-order valence-electron chi connectivity index (χ0n) is 11.9. The first-order valence-corrected chi connectivity index (χ1v) is 7.10. The maximum Gasteiger partial charge on any atom is 0.230 e. The number of methoxy groups -OCH3 is 1. The molecule has 0 saturated carbocycles. The second kappa shape index (κ2) is 5.99. The Hall–Kier alpha value is -2.66. The fourth-order valence-corrected chi connectivity index (χ4v) is 2.31. The van der Waals surface area contributed by atoms with Crippen molar-refractivity contribution in [2.45, 2.75) is 0 Å². The van der Waals surface area contributed by atoms with E-state index in [1.807, 2.05) is 54.6 Å². The summed E-state index contributed by atoms with van der Waals surface area (Å²) in [6.07, 6.45) is 0. The van der Waals surface area contributed by atoms with Crippen LogP contribution in [0.2, 0.25) is 0 Å². The van der Waals surface area contributed by atoms with Crippen LogP contribution in [0.4, 0.5) is 5.69 Å². The zero-order chi connectivity index (χ0) is 15.5. The molecule has 2 N–H and O–H groups in total. The van der Waals surface area contributed by atoms with Gasteiger partial charge >= 0.3 is 0 Å². The van der Waals surface area contributed by atoms with E-state index >= 15 is 0 Å². The Labute approximate surface area is 132 Å². The predicted molar refractivity (Wildman–Crippen MR) is 90.3 cm³/mol. The van der Waals surface area contributed by atoms with Crippen LogP contribution >= 0.6 is 12.2 Å². The summed E-state index contributed by atoms with van der Waals surface area (Å²) in [4.78, 5) is 4.76. The van der Waals surface area contributed by atoms with Gasteiger partial charge in [-0.15, -0.1) is 0 Å². The maximum absolute atomic E-state index is 5.87. The molecule has 1 heterocycles. The highest BCUT2D eigenvalue weighted by Gasteiger charge is 2.08. The molecule has 0 aliphatic heterocycles. The maximum atomic E-state index is 5.87. The van der Waals surface area contributed by atoms with Crippen LogP contribution in [-0.4, -0.2) is 12.1 Å². The van der Waals surface area contributed by atoms with Crippen LogP contribution in [0.3, 0.4) is 0 Å². The first-order valence-electron chi connectivity index (χ1n) is 6.69. The molecule has 0 atom stereocenters. The Morgan fingerprint density at radius 1 is 1.14 bits per heavy atom. The quantitative estimate of drug-likeness (QED) is 0.754. The largest absolute Gasteiger partial charge is 0.494 e. The summed E-state index contributed by atoms with van der Waals surface area (Å²) in [5.41, 5.74) is 8.15. The first-order chi connectivity index (χ1) is 10.7. The average molecular weight is 310 g/mol. The first kappa shape index (κ1) is 14.3. The fourth-order valence-electron chi connectivity index (χ4n) is 2.16. The van der Waals surface area contributed by atoms with Crippen molar-refractivity contribution in [3.63, 3.8) is 0 Å². The Morgan fingerprint density at radius 3 is 2.64 bits per heavy atom. The predicted octanol–water partition coefficient (Wildman–Crippen LogP) is 3.31. The highest BCUT2D eigenvalue weighted by Crippen LogP contribution is 2.26. The molecule has 4 nitrogen and oxygen atoms in total. The van der Waals surface area contributed by atoms with Crippen molar-refractivity contribution in [1.82, 2.24) is 0 Å². The van der Waals surface area contributed by atoms with Crippen LogP contribution in [-0.2, 0) is 0 Å². The van der Waals surface area contributed by atoms with E-state index in [0.717, 1.165) is 11.0 Å². The van der Waals surface area contributed by atoms with Crippen LogP contribution in [0, 0.1) is 0 Å². The van der Waals surface area contributed by atoms with E-state index in [1.165, 1.54) is 0 Å². The average Bonchev–Trinajstić information content (AvgIpc) is 2.54. The molecule has 0 radical (unpaired) electrons. The number of rotatable bonds is 3. The van der Waals surface area contributed by atoms with Crippen molar-refractivity contribution in [2.75, 3.05) is 7.11 Å². The van der Waals surface area contributed by atoms with E-state index in [9.17, 15) is 0 Å². The van der Waals surface area contributed by atoms with Gasteiger partial charge in [-0.1, -0.05) is 42.5 Å². The Morgan fingerprint density at radius 2 is 1.86 bits per heavy atom. The van der Waals surface area contributed by atoms with Gasteiger partial charge in [0.1, 0.15) is 22.0 Å². The molecule has 1 aromatic heterocycles. The zero-order valence-corrected chi connectivity index (χ0v) is 12.8. The van der Waals surface area contributed by atoms with Gasteiger partial charge < -0.3 is 14.9 Å². The number of nitrogens with two attached hydrogens (primary N) is 1. The monoisotopic (exact) mass is 310 g/mol. The minimum atomic E-state index is 0.239. The lowest BCUT2D eigenvalue weighted by molar-refractivity contribution is 0.415. The molecule has 22 heavy (non-hydrogen) atoms. The molecule has 3 rings (SSSR count). The molecular weight excluding hydrogens is 296 g/mol. The molecule has 0 aliphatic rings. The number of hydrogen-bond acceptors (Lipinski definition) is 4. The summed E-state index contributed by atoms with van der Waals surface area (Å²) in [5, 5.41) is 0.921. The topological polar surface area (TPSA) is 60.8 Å². The van der Waals surface area contributed by atoms with Crippen molar-refractivity contribution >= 4 is 33.9 Å². The normalized spacial score (nSPS) is 11.6. The summed E-state index contributed by atoms with van der Waals surface area (Å²) in [6.45, 7) is 0. The molecule has 0 aliphatic carbocycles. The molecule has 0 unspecified atom stereocenters.